The molecule has 0 aliphatic carbocycles. The molecule has 0 saturated heterocycles. The number of rotatable bonds is 0. The van der Waals surface area contributed by atoms with Crippen molar-refractivity contribution in [3.05, 3.63) is 0 Å². The van der Waals surface area contributed by atoms with Crippen LogP contribution in [0.4, 0.5) is 0 Å². The van der Waals surface area contributed by atoms with Gasteiger partial charge in [-0.05, 0) is 0 Å². The molecule has 0 bridgehead atoms. The maximum atomic E-state index is 0. The van der Waals surface area contributed by atoms with Crippen molar-refractivity contribution in [3.8, 4) is 0 Å². The summed E-state index contributed by atoms with van der Waals surface area (Å²) in [6, 6.07) is 0. The van der Waals surface area contributed by atoms with E-state index in [0.29, 0.717) is 0 Å². The normalized spacial score (nSPS) is 0. The Hall–Kier alpha value is 3.23. The van der Waals surface area contributed by atoms with Gasteiger partial charge in [-0.2, -0.15) is 0 Å². The van der Waals surface area contributed by atoms with Gasteiger partial charge in [-0.25, -0.2) is 0 Å². The first kappa shape index (κ1) is 41.2. The molecule has 2 radical (unpaired) electrons. The molecule has 38 valence electrons. The van der Waals surface area contributed by atoms with E-state index in [4.69, 9.17) is 0 Å². The van der Waals surface area contributed by atoms with Crippen LogP contribution in [0.1, 0.15) is 0 Å². The van der Waals surface area contributed by atoms with Gasteiger partial charge in [0.05, 0.1) is 0 Å². The predicted octanol–water partition coefficient (Wildman–Crippen LogP) is 1.26. The van der Waals surface area contributed by atoms with E-state index >= 15 is 0 Å². The van der Waals surface area contributed by atoms with Crippen molar-refractivity contribution >= 4 is 37.2 Å². The van der Waals surface area contributed by atoms with Gasteiger partial charge in [0, 0.05) is 70.4 Å². The van der Waals surface area contributed by atoms with Gasteiger partial charge >= 0.3 is 0 Å². The second-order valence-corrected chi connectivity index (χ2v) is 0. The van der Waals surface area contributed by atoms with Gasteiger partial charge in [0.25, 0.3) is 0 Å². The van der Waals surface area contributed by atoms with Gasteiger partial charge in [-0.3, -0.25) is 0 Å². The van der Waals surface area contributed by atoms with Crippen molar-refractivity contribution in [1.82, 2.24) is 0 Å². The first-order valence-electron chi connectivity index (χ1n) is 0. The van der Waals surface area contributed by atoms with Crippen LogP contribution in [0.25, 0.3) is 0 Å². The zero-order valence-electron chi connectivity index (χ0n) is 2.10. The molecule has 0 N–H and O–H groups in total. The summed E-state index contributed by atoms with van der Waals surface area (Å²) < 4.78 is 0. The molecule has 0 amide bonds. The van der Waals surface area contributed by atoms with E-state index in [-0.39, 0.29) is 108 Å². The molecule has 0 aromatic carbocycles. The quantitative estimate of drug-likeness (QED) is 0.569. The molecule has 0 nitrogen and oxygen atoms in total. The molecule has 0 aromatic heterocycles. The van der Waals surface area contributed by atoms with Crippen LogP contribution >= 0.6 is 37.2 Å². The summed E-state index contributed by atoms with van der Waals surface area (Å²) in [5.74, 6) is 0. The average molecular weight is 363 g/mol. The molecule has 0 fully saturated rings. The largest absolute Gasteiger partial charge is 0.147 e. The first-order chi connectivity index (χ1) is 0. The fourth-order valence-electron chi connectivity index (χ4n) is 0. The Balaban J connectivity index is 0. The van der Waals surface area contributed by atoms with Crippen molar-refractivity contribution in [1.29, 1.82) is 0 Å². The van der Waals surface area contributed by atoms with Crippen molar-refractivity contribution in [2.24, 2.45) is 0 Å². The van der Waals surface area contributed by atoms with E-state index in [0.717, 1.165) is 0 Å². The minimum Gasteiger partial charge on any atom is -0.147 e. The number of hydrogen-bond acceptors (Lipinski definition) is 0. The summed E-state index contributed by atoms with van der Waals surface area (Å²) in [4.78, 5) is 0. The Morgan fingerprint density at radius 1 is 0.600 bits per heavy atom. The number of hydrogen-bond donors (Lipinski definition) is 0. The molecular formula is H3Cl3HoY. The molecule has 0 spiro atoms. The van der Waals surface area contributed by atoms with Crippen LogP contribution in [-0.2, 0) is 32.7 Å². The Morgan fingerprint density at radius 2 is 0.600 bits per heavy atom. The molecular weight excluding hydrogens is 360 g/mol. The van der Waals surface area contributed by atoms with Crippen LogP contribution in [0.15, 0.2) is 0 Å². The third-order valence-electron chi connectivity index (χ3n) is 0. The predicted molar refractivity (Wildman–Crippen MR) is 21.7 cm³/mol. The van der Waals surface area contributed by atoms with E-state index in [1.807, 2.05) is 0 Å². The standard InChI is InChI=1S/3ClH.Ho.Y/h3*1H;;. The first-order valence-corrected chi connectivity index (χ1v) is 0. The van der Waals surface area contributed by atoms with Gasteiger partial charge in [-0.1, -0.05) is 0 Å². The summed E-state index contributed by atoms with van der Waals surface area (Å²) in [5.41, 5.74) is 0. The fraction of sp³-hybridized carbons (Fsp3) is 0. The zero-order valence-corrected chi connectivity index (χ0v) is 9.33. The third kappa shape index (κ3) is 18.9. The summed E-state index contributed by atoms with van der Waals surface area (Å²) in [6.45, 7) is 0. The van der Waals surface area contributed by atoms with Crippen molar-refractivity contribution in [2.45, 2.75) is 0 Å². The summed E-state index contributed by atoms with van der Waals surface area (Å²) in [6.07, 6.45) is 0. The van der Waals surface area contributed by atoms with Crippen LogP contribution in [0.2, 0.25) is 0 Å². The SMILES string of the molecule is Cl.Cl.Cl.[Ho].[Y]. The smallest absolute Gasteiger partial charge is 0 e. The Kier molecular flexibility index (Phi) is 222. The van der Waals surface area contributed by atoms with Crippen LogP contribution in [0.5, 0.6) is 0 Å². The minimum absolute atomic E-state index is 0. The van der Waals surface area contributed by atoms with Crippen molar-refractivity contribution in [3.63, 3.8) is 0 Å². The van der Waals surface area contributed by atoms with E-state index in [2.05, 4.69) is 0 Å². The second-order valence-electron chi connectivity index (χ2n) is 0. The molecule has 0 atom stereocenters. The Morgan fingerprint density at radius 3 is 0.600 bits per heavy atom. The van der Waals surface area contributed by atoms with Crippen LogP contribution in [0.3, 0.4) is 0 Å². The van der Waals surface area contributed by atoms with Crippen LogP contribution in [-0.4, -0.2) is 0 Å². The summed E-state index contributed by atoms with van der Waals surface area (Å²) in [7, 11) is 0. The molecule has 0 heterocycles. The Bertz CT molecular complexity index is 6.85. The maximum absolute atomic E-state index is 0. The second kappa shape index (κ2) is 26.9. The number of halogens is 3. The molecule has 5 heavy (non-hydrogen) atoms. The molecule has 0 saturated carbocycles. The topological polar surface area (TPSA) is 0 Å². The van der Waals surface area contributed by atoms with Crippen LogP contribution < -0.4 is 0 Å². The van der Waals surface area contributed by atoms with E-state index in [9.17, 15) is 0 Å². The van der Waals surface area contributed by atoms with Crippen molar-refractivity contribution < 1.29 is 70.4 Å². The zero-order chi connectivity index (χ0) is 0. The van der Waals surface area contributed by atoms with Gasteiger partial charge in [0.1, 0.15) is 0 Å². The van der Waals surface area contributed by atoms with E-state index in [1.54, 1.807) is 0 Å². The van der Waals surface area contributed by atoms with Crippen molar-refractivity contribution in [2.75, 3.05) is 0 Å². The summed E-state index contributed by atoms with van der Waals surface area (Å²) in [5, 5.41) is 0. The average Bonchev–Trinajstić information content (AvgIpc) is 0. The van der Waals surface area contributed by atoms with E-state index in [1.165, 1.54) is 0 Å². The van der Waals surface area contributed by atoms with Gasteiger partial charge in [-0.15, -0.1) is 37.2 Å². The van der Waals surface area contributed by atoms with Gasteiger partial charge in [0.15, 0.2) is 0 Å². The molecule has 0 aromatic rings. The molecule has 0 aliphatic rings. The fourth-order valence-corrected chi connectivity index (χ4v) is 0. The monoisotopic (exact) mass is 362 g/mol. The Labute approximate surface area is 105 Å². The minimum atomic E-state index is 0. The van der Waals surface area contributed by atoms with E-state index < -0.39 is 0 Å². The third-order valence-corrected chi connectivity index (χ3v) is 0. The van der Waals surface area contributed by atoms with Gasteiger partial charge in [0.2, 0.25) is 0 Å². The summed E-state index contributed by atoms with van der Waals surface area (Å²) >= 11 is 0. The van der Waals surface area contributed by atoms with Gasteiger partial charge < -0.3 is 0 Å². The molecule has 5 heteroatoms. The molecule has 0 unspecified atom stereocenters. The molecule has 0 aliphatic heterocycles. The van der Waals surface area contributed by atoms with Crippen LogP contribution in [0, 0.1) is 37.7 Å². The maximum Gasteiger partial charge on any atom is 0 e. The molecule has 0 rings (SSSR count).